The minimum atomic E-state index is -0.890. The number of carbonyl (C=O) groups is 1. The molecule has 0 fully saturated rings. The van der Waals surface area contributed by atoms with Crippen LogP contribution < -0.4 is 0 Å². The van der Waals surface area contributed by atoms with E-state index in [1.165, 1.54) is 0 Å². The molecule has 3 aromatic rings. The Bertz CT molecular complexity index is 741. The van der Waals surface area contributed by atoms with Gasteiger partial charge in [0.15, 0.2) is 0 Å². The van der Waals surface area contributed by atoms with E-state index in [-0.39, 0.29) is 6.42 Å². The fourth-order valence-electron chi connectivity index (χ4n) is 2.19. The summed E-state index contributed by atoms with van der Waals surface area (Å²) in [5, 5.41) is 11.0. The summed E-state index contributed by atoms with van der Waals surface area (Å²) in [4.78, 5) is 17.8. The van der Waals surface area contributed by atoms with Gasteiger partial charge in [-0.15, -0.1) is 0 Å². The van der Waals surface area contributed by atoms with Crippen LogP contribution in [0.3, 0.4) is 0 Å². The number of aliphatic carboxylic acids is 1. The third-order valence-corrected chi connectivity index (χ3v) is 3.03. The van der Waals surface area contributed by atoms with E-state index >= 15 is 0 Å². The fraction of sp³-hybridized carbons (Fsp3) is 0.0667. The molecule has 4 heteroatoms. The highest BCUT2D eigenvalue weighted by atomic mass is 16.4. The molecule has 0 atom stereocenters. The maximum Gasteiger partial charge on any atom is 0.311 e. The van der Waals surface area contributed by atoms with Crippen molar-refractivity contribution in [2.75, 3.05) is 0 Å². The first kappa shape index (κ1) is 11.5. The van der Waals surface area contributed by atoms with Crippen LogP contribution in [0.4, 0.5) is 0 Å². The van der Waals surface area contributed by atoms with Gasteiger partial charge in [0.05, 0.1) is 11.9 Å². The molecule has 1 aromatic heterocycles. The first-order chi connectivity index (χ1) is 9.24. The highest BCUT2D eigenvalue weighted by Gasteiger charge is 2.08. The molecular formula is C15H12N2O2. The smallest absolute Gasteiger partial charge is 0.311 e. The SMILES string of the molecule is O=C(O)Cc1ncc(-c2cccc3ccccc23)[nH]1. The molecule has 0 unspecified atom stereocenters. The molecule has 0 aliphatic carbocycles. The van der Waals surface area contributed by atoms with Gasteiger partial charge >= 0.3 is 5.97 Å². The molecule has 0 spiro atoms. The Morgan fingerprint density at radius 1 is 1.16 bits per heavy atom. The molecule has 0 amide bonds. The zero-order valence-corrected chi connectivity index (χ0v) is 10.1. The largest absolute Gasteiger partial charge is 0.481 e. The molecular weight excluding hydrogens is 240 g/mol. The number of nitrogens with one attached hydrogen (secondary N) is 1. The van der Waals surface area contributed by atoms with Crippen LogP contribution in [0.5, 0.6) is 0 Å². The number of carboxylic acids is 1. The molecule has 0 aliphatic rings. The van der Waals surface area contributed by atoms with Gasteiger partial charge in [0.1, 0.15) is 12.2 Å². The number of rotatable bonds is 3. The number of benzene rings is 2. The van der Waals surface area contributed by atoms with Crippen molar-refractivity contribution in [2.45, 2.75) is 6.42 Å². The van der Waals surface area contributed by atoms with Gasteiger partial charge in [-0.2, -0.15) is 0 Å². The predicted octanol–water partition coefficient (Wildman–Crippen LogP) is 2.86. The number of hydrogen-bond acceptors (Lipinski definition) is 2. The van der Waals surface area contributed by atoms with Gasteiger partial charge in [0.25, 0.3) is 0 Å². The molecule has 94 valence electrons. The van der Waals surface area contributed by atoms with Crippen molar-refractivity contribution >= 4 is 16.7 Å². The van der Waals surface area contributed by atoms with E-state index in [0.29, 0.717) is 5.82 Å². The lowest BCUT2D eigenvalue weighted by atomic mass is 10.0. The summed E-state index contributed by atoms with van der Waals surface area (Å²) in [5.74, 6) is -0.422. The van der Waals surface area contributed by atoms with Gasteiger partial charge in [-0.25, -0.2) is 4.98 Å². The third-order valence-electron chi connectivity index (χ3n) is 3.03. The molecule has 19 heavy (non-hydrogen) atoms. The molecule has 2 aromatic carbocycles. The van der Waals surface area contributed by atoms with E-state index in [9.17, 15) is 4.79 Å². The Hall–Kier alpha value is -2.62. The average molecular weight is 252 g/mol. The summed E-state index contributed by atoms with van der Waals surface area (Å²) >= 11 is 0. The number of imidazole rings is 1. The molecule has 4 nitrogen and oxygen atoms in total. The maximum atomic E-state index is 10.7. The van der Waals surface area contributed by atoms with Crippen LogP contribution in [0.25, 0.3) is 22.0 Å². The maximum absolute atomic E-state index is 10.7. The van der Waals surface area contributed by atoms with Crippen LogP contribution in [0.2, 0.25) is 0 Å². The number of hydrogen-bond donors (Lipinski definition) is 2. The van der Waals surface area contributed by atoms with Crippen molar-refractivity contribution in [2.24, 2.45) is 0 Å². The summed E-state index contributed by atoms with van der Waals surface area (Å²) in [6.07, 6.45) is 1.59. The fourth-order valence-corrected chi connectivity index (χ4v) is 2.19. The average Bonchev–Trinajstić information content (AvgIpc) is 2.85. The topological polar surface area (TPSA) is 66.0 Å². The number of fused-ring (bicyclic) bond motifs is 1. The Kier molecular flexibility index (Phi) is 2.76. The van der Waals surface area contributed by atoms with E-state index in [2.05, 4.69) is 9.97 Å². The molecule has 0 radical (unpaired) electrons. The van der Waals surface area contributed by atoms with Crippen LogP contribution in [-0.4, -0.2) is 21.0 Å². The normalized spacial score (nSPS) is 10.7. The first-order valence-corrected chi connectivity index (χ1v) is 5.98. The van der Waals surface area contributed by atoms with Crippen molar-refractivity contribution in [3.8, 4) is 11.3 Å². The molecule has 3 rings (SSSR count). The van der Waals surface area contributed by atoms with Crippen molar-refractivity contribution in [1.82, 2.24) is 9.97 Å². The van der Waals surface area contributed by atoms with Crippen LogP contribution in [0, 0.1) is 0 Å². The Morgan fingerprint density at radius 2 is 1.95 bits per heavy atom. The van der Waals surface area contributed by atoms with Crippen LogP contribution in [-0.2, 0) is 11.2 Å². The summed E-state index contributed by atoms with van der Waals surface area (Å²) in [6.45, 7) is 0. The Morgan fingerprint density at radius 3 is 2.79 bits per heavy atom. The van der Waals surface area contributed by atoms with Crippen molar-refractivity contribution in [1.29, 1.82) is 0 Å². The van der Waals surface area contributed by atoms with Gasteiger partial charge < -0.3 is 10.1 Å². The summed E-state index contributed by atoms with van der Waals surface area (Å²) in [5.41, 5.74) is 1.87. The summed E-state index contributed by atoms with van der Waals surface area (Å²) in [6, 6.07) is 14.1. The molecule has 0 bridgehead atoms. The first-order valence-electron chi connectivity index (χ1n) is 5.98. The van der Waals surface area contributed by atoms with Crippen LogP contribution in [0.1, 0.15) is 5.82 Å². The quantitative estimate of drug-likeness (QED) is 0.753. The second-order valence-corrected chi connectivity index (χ2v) is 4.34. The van der Waals surface area contributed by atoms with Crippen LogP contribution in [0.15, 0.2) is 48.7 Å². The minimum Gasteiger partial charge on any atom is -0.481 e. The number of aromatic amines is 1. The van der Waals surface area contributed by atoms with E-state index < -0.39 is 5.97 Å². The number of carboxylic acid groups (broad SMARTS) is 1. The number of nitrogens with zero attached hydrogens (tertiary/aromatic N) is 1. The van der Waals surface area contributed by atoms with Crippen molar-refractivity contribution in [3.63, 3.8) is 0 Å². The van der Waals surface area contributed by atoms with Gasteiger partial charge in [-0.05, 0) is 10.8 Å². The van der Waals surface area contributed by atoms with E-state index in [4.69, 9.17) is 5.11 Å². The van der Waals surface area contributed by atoms with E-state index in [0.717, 1.165) is 22.0 Å². The minimum absolute atomic E-state index is 0.0925. The number of H-pyrrole nitrogens is 1. The lowest BCUT2D eigenvalue weighted by Crippen LogP contribution is -2.01. The Labute approximate surface area is 109 Å². The van der Waals surface area contributed by atoms with Gasteiger partial charge in [-0.3, -0.25) is 4.79 Å². The number of aromatic nitrogens is 2. The lowest BCUT2D eigenvalue weighted by molar-refractivity contribution is -0.136. The molecule has 2 N–H and O–H groups in total. The second-order valence-electron chi connectivity index (χ2n) is 4.34. The molecule has 0 aliphatic heterocycles. The molecule has 0 saturated heterocycles. The molecule has 0 saturated carbocycles. The summed E-state index contributed by atoms with van der Waals surface area (Å²) < 4.78 is 0. The van der Waals surface area contributed by atoms with Gasteiger partial charge in [0, 0.05) is 5.56 Å². The summed E-state index contributed by atoms with van der Waals surface area (Å²) in [7, 11) is 0. The van der Waals surface area contributed by atoms with Crippen LogP contribution >= 0.6 is 0 Å². The van der Waals surface area contributed by atoms with Gasteiger partial charge in [-0.1, -0.05) is 42.5 Å². The van der Waals surface area contributed by atoms with Crippen molar-refractivity contribution in [3.05, 3.63) is 54.5 Å². The van der Waals surface area contributed by atoms with E-state index in [1.807, 2.05) is 42.5 Å². The third kappa shape index (κ3) is 2.20. The van der Waals surface area contributed by atoms with Gasteiger partial charge in [0.2, 0.25) is 0 Å². The standard InChI is InChI=1S/C15H12N2O2/c18-15(19)8-14-16-9-13(17-14)12-7-3-5-10-4-1-2-6-11(10)12/h1-7,9H,8H2,(H,16,17)(H,18,19). The zero-order valence-electron chi connectivity index (χ0n) is 10.1. The zero-order chi connectivity index (χ0) is 13.2. The Balaban J connectivity index is 2.09. The van der Waals surface area contributed by atoms with Crippen molar-refractivity contribution < 1.29 is 9.90 Å². The predicted molar refractivity (Wildman–Crippen MR) is 72.9 cm³/mol. The van der Waals surface area contributed by atoms with E-state index in [1.54, 1.807) is 6.20 Å². The molecule has 1 heterocycles. The lowest BCUT2D eigenvalue weighted by Gasteiger charge is -2.03. The highest BCUT2D eigenvalue weighted by Crippen LogP contribution is 2.27. The monoisotopic (exact) mass is 252 g/mol. The highest BCUT2D eigenvalue weighted by molar-refractivity contribution is 5.95. The second kappa shape index (κ2) is 4.57.